The molecule has 0 fully saturated rings. The summed E-state index contributed by atoms with van der Waals surface area (Å²) in [4.78, 5) is 0. The molecule has 0 spiro atoms. The summed E-state index contributed by atoms with van der Waals surface area (Å²) in [5, 5.41) is 10.3. The average molecular weight is 280 g/mol. The maximum absolute atomic E-state index is 10.3. The molecule has 0 aromatic heterocycles. The molecule has 0 amide bonds. The molecule has 1 aromatic carbocycles. The lowest BCUT2D eigenvalue weighted by atomic mass is 10.1. The molecule has 1 aliphatic rings. The molecule has 0 aliphatic heterocycles. The van der Waals surface area contributed by atoms with Crippen molar-refractivity contribution in [2.45, 2.75) is 32.5 Å². The molecule has 0 saturated carbocycles. The van der Waals surface area contributed by atoms with Crippen molar-refractivity contribution < 1.29 is 19.3 Å². The highest BCUT2D eigenvalue weighted by atomic mass is 16.5. The summed E-state index contributed by atoms with van der Waals surface area (Å²) in [5.41, 5.74) is 2.05. The molecule has 0 bridgehead atoms. The van der Waals surface area contributed by atoms with E-state index >= 15 is 0 Å². The fourth-order valence-corrected chi connectivity index (χ4v) is 2.42. The minimum Gasteiger partial charge on any atom is -0.497 e. The van der Waals surface area contributed by atoms with Gasteiger partial charge in [-0.3, -0.25) is 0 Å². The third kappa shape index (κ3) is 3.72. The van der Waals surface area contributed by atoms with Crippen molar-refractivity contribution in [3.63, 3.8) is 0 Å². The van der Waals surface area contributed by atoms with Crippen LogP contribution >= 0.6 is 0 Å². The second kappa shape index (κ2) is 7.07. The van der Waals surface area contributed by atoms with Gasteiger partial charge in [0.1, 0.15) is 11.9 Å². The predicted octanol–water partition coefficient (Wildman–Crippen LogP) is 2.34. The van der Waals surface area contributed by atoms with E-state index in [4.69, 9.17) is 14.2 Å². The highest BCUT2D eigenvalue weighted by Gasteiger charge is 2.31. The van der Waals surface area contributed by atoms with Crippen molar-refractivity contribution in [3.8, 4) is 5.75 Å². The lowest BCUT2D eigenvalue weighted by Gasteiger charge is -2.16. The number of aliphatic hydroxyl groups excluding tert-OH is 1. The van der Waals surface area contributed by atoms with E-state index in [0.29, 0.717) is 19.1 Å². The van der Waals surface area contributed by atoms with Crippen molar-refractivity contribution in [2.75, 3.05) is 26.9 Å². The largest absolute Gasteiger partial charge is 0.497 e. The molecule has 0 saturated heterocycles. The first kappa shape index (κ1) is 15.3. The topological polar surface area (TPSA) is 47.9 Å². The zero-order valence-corrected chi connectivity index (χ0v) is 12.5. The zero-order chi connectivity index (χ0) is 14.5. The Labute approximate surface area is 120 Å². The standard InChI is InChI=1S/C16H24O4/c1-11(2)10-19-6-7-20-15-8-12-4-5-13(18-3)9-14(12)16(15)17/h4-5,9,11,15-17H,6-8,10H2,1-3H3. The number of rotatable bonds is 7. The second-order valence-electron chi connectivity index (χ2n) is 5.59. The van der Waals surface area contributed by atoms with Gasteiger partial charge >= 0.3 is 0 Å². The van der Waals surface area contributed by atoms with Gasteiger partial charge in [0.2, 0.25) is 0 Å². The number of aliphatic hydroxyl groups is 1. The van der Waals surface area contributed by atoms with Gasteiger partial charge in [0.05, 0.1) is 26.4 Å². The van der Waals surface area contributed by atoms with Gasteiger partial charge < -0.3 is 19.3 Å². The molecule has 2 unspecified atom stereocenters. The first-order chi connectivity index (χ1) is 9.61. The molecule has 4 nitrogen and oxygen atoms in total. The Balaban J connectivity index is 1.81. The van der Waals surface area contributed by atoms with E-state index in [1.165, 1.54) is 0 Å². The van der Waals surface area contributed by atoms with Crippen LogP contribution in [0.3, 0.4) is 0 Å². The molecule has 1 N–H and O–H groups in total. The fraction of sp³-hybridized carbons (Fsp3) is 0.625. The fourth-order valence-electron chi connectivity index (χ4n) is 2.42. The van der Waals surface area contributed by atoms with Crippen LogP contribution in [0.4, 0.5) is 0 Å². The molecular formula is C16H24O4. The van der Waals surface area contributed by atoms with Crippen LogP contribution in [0.25, 0.3) is 0 Å². The van der Waals surface area contributed by atoms with Gasteiger partial charge in [-0.2, -0.15) is 0 Å². The Kier molecular flexibility index (Phi) is 5.40. The molecule has 4 heteroatoms. The van der Waals surface area contributed by atoms with Crippen LogP contribution in [0.5, 0.6) is 5.75 Å². The molecule has 1 aliphatic carbocycles. The molecule has 112 valence electrons. The number of fused-ring (bicyclic) bond motifs is 1. The summed E-state index contributed by atoms with van der Waals surface area (Å²) in [6, 6.07) is 5.80. The van der Waals surface area contributed by atoms with Crippen LogP contribution in [0.15, 0.2) is 18.2 Å². The van der Waals surface area contributed by atoms with E-state index in [-0.39, 0.29) is 6.10 Å². The smallest absolute Gasteiger partial charge is 0.119 e. The summed E-state index contributed by atoms with van der Waals surface area (Å²) < 4.78 is 16.4. The summed E-state index contributed by atoms with van der Waals surface area (Å²) in [6.45, 7) is 6.06. The summed E-state index contributed by atoms with van der Waals surface area (Å²) in [5.74, 6) is 1.30. The third-order valence-corrected chi connectivity index (χ3v) is 3.46. The Morgan fingerprint density at radius 2 is 2.10 bits per heavy atom. The van der Waals surface area contributed by atoms with Crippen molar-refractivity contribution >= 4 is 0 Å². The summed E-state index contributed by atoms with van der Waals surface area (Å²) in [7, 11) is 1.63. The van der Waals surface area contributed by atoms with Crippen LogP contribution < -0.4 is 4.74 Å². The maximum atomic E-state index is 10.3. The summed E-state index contributed by atoms with van der Waals surface area (Å²) >= 11 is 0. The van der Waals surface area contributed by atoms with Gasteiger partial charge in [-0.1, -0.05) is 19.9 Å². The SMILES string of the molecule is COc1ccc2c(c1)C(O)C(OCCOCC(C)C)C2. The molecule has 20 heavy (non-hydrogen) atoms. The second-order valence-corrected chi connectivity index (χ2v) is 5.59. The van der Waals surface area contributed by atoms with E-state index in [1.807, 2.05) is 18.2 Å². The Bertz CT molecular complexity index is 430. The van der Waals surface area contributed by atoms with E-state index in [2.05, 4.69) is 13.8 Å². The number of ether oxygens (including phenoxy) is 3. The Morgan fingerprint density at radius 1 is 1.30 bits per heavy atom. The lowest BCUT2D eigenvalue weighted by Crippen LogP contribution is -2.21. The van der Waals surface area contributed by atoms with Gasteiger partial charge in [-0.25, -0.2) is 0 Å². The van der Waals surface area contributed by atoms with E-state index in [9.17, 15) is 5.11 Å². The van der Waals surface area contributed by atoms with Gasteiger partial charge in [0, 0.05) is 13.0 Å². The maximum Gasteiger partial charge on any atom is 0.119 e. The highest BCUT2D eigenvalue weighted by molar-refractivity contribution is 5.41. The third-order valence-electron chi connectivity index (χ3n) is 3.46. The van der Waals surface area contributed by atoms with Crippen LogP contribution in [0.2, 0.25) is 0 Å². The van der Waals surface area contributed by atoms with Crippen LogP contribution in [0, 0.1) is 5.92 Å². The van der Waals surface area contributed by atoms with Gasteiger partial charge in [-0.15, -0.1) is 0 Å². The molecule has 2 atom stereocenters. The minimum absolute atomic E-state index is 0.181. The first-order valence-corrected chi connectivity index (χ1v) is 7.16. The van der Waals surface area contributed by atoms with Crippen LogP contribution in [0.1, 0.15) is 31.1 Å². The van der Waals surface area contributed by atoms with Crippen LogP contribution in [-0.2, 0) is 15.9 Å². The van der Waals surface area contributed by atoms with Crippen molar-refractivity contribution in [3.05, 3.63) is 29.3 Å². The van der Waals surface area contributed by atoms with E-state index in [0.717, 1.165) is 29.9 Å². The quantitative estimate of drug-likeness (QED) is 0.779. The average Bonchev–Trinajstić information content (AvgIpc) is 2.74. The molecule has 2 rings (SSSR count). The monoisotopic (exact) mass is 280 g/mol. The minimum atomic E-state index is -0.579. The lowest BCUT2D eigenvalue weighted by molar-refractivity contribution is -0.0504. The highest BCUT2D eigenvalue weighted by Crippen LogP contribution is 2.35. The van der Waals surface area contributed by atoms with Crippen molar-refractivity contribution in [1.29, 1.82) is 0 Å². The zero-order valence-electron chi connectivity index (χ0n) is 12.5. The number of benzene rings is 1. The number of hydrogen-bond acceptors (Lipinski definition) is 4. The van der Waals surface area contributed by atoms with E-state index in [1.54, 1.807) is 7.11 Å². The van der Waals surface area contributed by atoms with Gasteiger partial charge in [0.25, 0.3) is 0 Å². The molecule has 0 heterocycles. The molecule has 1 aromatic rings. The van der Waals surface area contributed by atoms with Crippen molar-refractivity contribution in [1.82, 2.24) is 0 Å². The van der Waals surface area contributed by atoms with Crippen LogP contribution in [-0.4, -0.2) is 38.1 Å². The first-order valence-electron chi connectivity index (χ1n) is 7.16. The Hall–Kier alpha value is -1.10. The van der Waals surface area contributed by atoms with E-state index < -0.39 is 6.10 Å². The summed E-state index contributed by atoms with van der Waals surface area (Å²) in [6.07, 6.45) is -0.0186. The predicted molar refractivity (Wildman–Crippen MR) is 77.1 cm³/mol. The molecular weight excluding hydrogens is 256 g/mol. The number of methoxy groups -OCH3 is 1. The van der Waals surface area contributed by atoms with Crippen molar-refractivity contribution in [2.24, 2.45) is 5.92 Å². The number of hydrogen-bond donors (Lipinski definition) is 1. The van der Waals surface area contributed by atoms with Gasteiger partial charge in [-0.05, 0) is 29.2 Å². The Morgan fingerprint density at radius 3 is 2.80 bits per heavy atom. The van der Waals surface area contributed by atoms with Gasteiger partial charge in [0.15, 0.2) is 0 Å². The normalized spacial score (nSPS) is 21.2. The molecule has 0 radical (unpaired) electrons.